The first-order valence-electron chi connectivity index (χ1n) is 8.30. The van der Waals surface area contributed by atoms with Crippen LogP contribution in [-0.4, -0.2) is 31.2 Å². The maximum atomic E-state index is 10.8. The van der Waals surface area contributed by atoms with Crippen LogP contribution in [0.4, 0.5) is 11.7 Å². The summed E-state index contributed by atoms with van der Waals surface area (Å²) >= 11 is 0. The summed E-state index contributed by atoms with van der Waals surface area (Å²) < 4.78 is 6.90. The monoisotopic (exact) mass is 342 g/mol. The summed E-state index contributed by atoms with van der Waals surface area (Å²) in [5.41, 5.74) is 0.651. The molecule has 0 saturated heterocycles. The van der Waals surface area contributed by atoms with E-state index in [2.05, 4.69) is 20.4 Å². The van der Waals surface area contributed by atoms with E-state index in [4.69, 9.17) is 4.42 Å². The molecule has 3 aromatic heterocycles. The minimum Gasteiger partial charge on any atom is -0.397 e. The van der Waals surface area contributed by atoms with Gasteiger partial charge in [-0.05, 0) is 24.8 Å². The van der Waals surface area contributed by atoms with Gasteiger partial charge in [0.25, 0.3) is 0 Å². The molecule has 3 heterocycles. The second kappa shape index (κ2) is 6.15. The fraction of sp³-hybridized carbons (Fsp3) is 0.438. The van der Waals surface area contributed by atoms with E-state index in [9.17, 15) is 10.1 Å². The number of fused-ring (bicyclic) bond motifs is 1. The number of nitro groups is 1. The van der Waals surface area contributed by atoms with Crippen molar-refractivity contribution in [2.24, 2.45) is 13.0 Å². The topological polar surface area (TPSA) is 112 Å². The standard InChI is InChI=1S/C16H18N6O3/c1-21-16-11(9-18-21)14(17-8-10-4-2-3-5-10)19-15(20-16)12-6-7-13(25-12)22(23)24/h6-7,9-10H,2-5,8H2,1H3,(H,17,19,20). The van der Waals surface area contributed by atoms with Crippen LogP contribution in [0.15, 0.2) is 22.7 Å². The third-order valence-corrected chi connectivity index (χ3v) is 4.62. The fourth-order valence-corrected chi connectivity index (χ4v) is 3.27. The van der Waals surface area contributed by atoms with Crippen LogP contribution >= 0.6 is 0 Å². The van der Waals surface area contributed by atoms with Gasteiger partial charge in [-0.15, -0.1) is 0 Å². The first-order chi connectivity index (χ1) is 12.1. The molecule has 0 spiro atoms. The van der Waals surface area contributed by atoms with Gasteiger partial charge in [-0.25, -0.2) is 9.97 Å². The molecule has 1 N–H and O–H groups in total. The molecule has 0 bridgehead atoms. The Balaban J connectivity index is 1.71. The Hall–Kier alpha value is -2.97. The van der Waals surface area contributed by atoms with E-state index in [0.29, 0.717) is 23.2 Å². The molecule has 1 aliphatic carbocycles. The van der Waals surface area contributed by atoms with Crippen molar-refractivity contribution in [3.8, 4) is 11.6 Å². The molecule has 1 saturated carbocycles. The van der Waals surface area contributed by atoms with Crippen LogP contribution in [0.1, 0.15) is 25.7 Å². The number of anilines is 1. The normalized spacial score (nSPS) is 15.1. The highest BCUT2D eigenvalue weighted by molar-refractivity contribution is 5.87. The van der Waals surface area contributed by atoms with Crippen molar-refractivity contribution < 1.29 is 9.34 Å². The highest BCUT2D eigenvalue weighted by atomic mass is 16.6. The first kappa shape index (κ1) is 15.6. The number of furan rings is 1. The lowest BCUT2D eigenvalue weighted by atomic mass is 10.1. The molecule has 4 rings (SSSR count). The number of nitrogens with zero attached hydrogens (tertiary/aromatic N) is 5. The Morgan fingerprint density at radius 1 is 1.36 bits per heavy atom. The van der Waals surface area contributed by atoms with Gasteiger partial charge in [-0.1, -0.05) is 12.8 Å². The number of nitrogens with one attached hydrogen (secondary N) is 1. The second-order valence-electron chi connectivity index (χ2n) is 6.33. The van der Waals surface area contributed by atoms with Crippen molar-refractivity contribution in [2.45, 2.75) is 25.7 Å². The summed E-state index contributed by atoms with van der Waals surface area (Å²) in [6.45, 7) is 0.846. The lowest BCUT2D eigenvalue weighted by molar-refractivity contribution is -0.401. The minimum absolute atomic E-state index is 0.263. The second-order valence-corrected chi connectivity index (χ2v) is 6.33. The summed E-state index contributed by atoms with van der Waals surface area (Å²) in [4.78, 5) is 19.2. The Morgan fingerprint density at radius 2 is 2.16 bits per heavy atom. The molecule has 130 valence electrons. The molecule has 0 unspecified atom stereocenters. The Morgan fingerprint density at radius 3 is 2.88 bits per heavy atom. The van der Waals surface area contributed by atoms with Crippen LogP contribution < -0.4 is 5.32 Å². The van der Waals surface area contributed by atoms with Crippen molar-refractivity contribution in [3.05, 3.63) is 28.4 Å². The van der Waals surface area contributed by atoms with Crippen molar-refractivity contribution in [2.75, 3.05) is 11.9 Å². The number of hydrogen-bond acceptors (Lipinski definition) is 7. The molecule has 0 atom stereocenters. The zero-order valence-corrected chi connectivity index (χ0v) is 13.8. The molecule has 0 amide bonds. The lowest BCUT2D eigenvalue weighted by Gasteiger charge is -2.12. The summed E-state index contributed by atoms with van der Waals surface area (Å²) in [5.74, 6) is 1.56. The van der Waals surface area contributed by atoms with E-state index < -0.39 is 4.92 Å². The predicted molar refractivity (Wildman–Crippen MR) is 91.1 cm³/mol. The average molecular weight is 342 g/mol. The van der Waals surface area contributed by atoms with Gasteiger partial charge in [0, 0.05) is 13.6 Å². The van der Waals surface area contributed by atoms with E-state index in [0.717, 1.165) is 11.9 Å². The molecule has 0 radical (unpaired) electrons. The van der Waals surface area contributed by atoms with Crippen LogP contribution in [0.5, 0.6) is 0 Å². The number of hydrogen-bond donors (Lipinski definition) is 1. The maximum Gasteiger partial charge on any atom is 0.433 e. The molecule has 1 aliphatic rings. The molecule has 9 heteroatoms. The maximum absolute atomic E-state index is 10.8. The molecular weight excluding hydrogens is 324 g/mol. The molecule has 0 aliphatic heterocycles. The summed E-state index contributed by atoms with van der Waals surface area (Å²) in [6.07, 6.45) is 6.73. The van der Waals surface area contributed by atoms with Gasteiger partial charge in [0.05, 0.1) is 17.6 Å². The molecule has 9 nitrogen and oxygen atoms in total. The third kappa shape index (κ3) is 2.92. The van der Waals surface area contributed by atoms with Gasteiger partial charge in [-0.3, -0.25) is 14.8 Å². The van der Waals surface area contributed by atoms with Crippen molar-refractivity contribution >= 4 is 22.7 Å². The van der Waals surface area contributed by atoms with Crippen molar-refractivity contribution in [1.82, 2.24) is 19.7 Å². The van der Waals surface area contributed by atoms with Crippen LogP contribution in [0.2, 0.25) is 0 Å². The molecular formula is C16H18N6O3. The van der Waals surface area contributed by atoms with Crippen LogP contribution in [0.3, 0.4) is 0 Å². The summed E-state index contributed by atoms with van der Waals surface area (Å²) in [5, 5.41) is 19.3. The SMILES string of the molecule is Cn1ncc2c(NCC3CCCC3)nc(-c3ccc([N+](=O)[O-])o3)nc21. The van der Waals surface area contributed by atoms with E-state index in [-0.39, 0.29) is 11.6 Å². The summed E-state index contributed by atoms with van der Waals surface area (Å²) in [7, 11) is 1.80. The van der Waals surface area contributed by atoms with Gasteiger partial charge >= 0.3 is 5.88 Å². The summed E-state index contributed by atoms with van der Waals surface area (Å²) in [6, 6.07) is 2.81. The first-order valence-corrected chi connectivity index (χ1v) is 8.30. The van der Waals surface area contributed by atoms with E-state index in [1.54, 1.807) is 17.9 Å². The zero-order chi connectivity index (χ0) is 17.4. The van der Waals surface area contributed by atoms with Crippen molar-refractivity contribution in [1.29, 1.82) is 0 Å². The number of aryl methyl sites for hydroxylation is 1. The fourth-order valence-electron chi connectivity index (χ4n) is 3.27. The highest BCUT2D eigenvalue weighted by Gasteiger charge is 2.20. The zero-order valence-electron chi connectivity index (χ0n) is 13.8. The van der Waals surface area contributed by atoms with E-state index >= 15 is 0 Å². The Labute approximate surface area is 143 Å². The van der Waals surface area contributed by atoms with E-state index in [1.807, 2.05) is 0 Å². The number of aromatic nitrogens is 4. The van der Waals surface area contributed by atoms with Gasteiger partial charge in [0.15, 0.2) is 17.2 Å². The smallest absolute Gasteiger partial charge is 0.397 e. The van der Waals surface area contributed by atoms with Crippen molar-refractivity contribution in [3.63, 3.8) is 0 Å². The third-order valence-electron chi connectivity index (χ3n) is 4.62. The Bertz CT molecular complexity index is 925. The van der Waals surface area contributed by atoms with Gasteiger partial charge in [0.2, 0.25) is 0 Å². The minimum atomic E-state index is -0.578. The number of rotatable bonds is 5. The molecule has 1 fully saturated rings. The quantitative estimate of drug-likeness (QED) is 0.560. The predicted octanol–water partition coefficient (Wildman–Crippen LogP) is 3.13. The Kier molecular flexibility index (Phi) is 3.83. The van der Waals surface area contributed by atoms with E-state index in [1.165, 1.54) is 37.8 Å². The lowest BCUT2D eigenvalue weighted by Crippen LogP contribution is -2.12. The molecule has 3 aromatic rings. The van der Waals surface area contributed by atoms with Gasteiger partial charge in [-0.2, -0.15) is 5.10 Å². The highest BCUT2D eigenvalue weighted by Crippen LogP contribution is 2.29. The van der Waals surface area contributed by atoms with Crippen LogP contribution in [0, 0.1) is 16.0 Å². The van der Waals surface area contributed by atoms with Crippen LogP contribution in [-0.2, 0) is 7.05 Å². The molecule has 0 aromatic carbocycles. The molecule has 25 heavy (non-hydrogen) atoms. The van der Waals surface area contributed by atoms with Crippen LogP contribution in [0.25, 0.3) is 22.6 Å². The van der Waals surface area contributed by atoms with Gasteiger partial charge in [0.1, 0.15) is 10.7 Å². The largest absolute Gasteiger partial charge is 0.433 e. The average Bonchev–Trinajstić information content (AvgIpc) is 3.34. The van der Waals surface area contributed by atoms with Gasteiger partial charge < -0.3 is 9.73 Å².